The second-order valence-corrected chi connectivity index (χ2v) is 2.20. The number of phenols is 1. The summed E-state index contributed by atoms with van der Waals surface area (Å²) in [5, 5.41) is 17.5. The average molecular weight is 189 g/mol. The number of rotatable bonds is 2. The Morgan fingerprint density at radius 3 is 2.42 bits per heavy atom. The van der Waals surface area contributed by atoms with Gasteiger partial charge in [-0.3, -0.25) is 4.79 Å². The van der Waals surface area contributed by atoms with Gasteiger partial charge in [0.1, 0.15) is 5.75 Å². The number of carboxylic acids is 1. The Morgan fingerprint density at radius 1 is 1.33 bits per heavy atom. The lowest BCUT2D eigenvalue weighted by molar-refractivity contribution is -0.136. The van der Waals surface area contributed by atoms with Crippen LogP contribution in [0.25, 0.3) is 0 Å². The Bertz CT molecular complexity index is 273. The zero-order chi connectivity index (χ0) is 8.27. The first-order valence-electron chi connectivity index (χ1n) is 3.19. The van der Waals surface area contributed by atoms with Crippen molar-refractivity contribution in [3.8, 4) is 5.75 Å². The van der Waals surface area contributed by atoms with Crippen LogP contribution in [0.1, 0.15) is 5.56 Å². The zero-order valence-electron chi connectivity index (χ0n) is 6.23. The topological polar surface area (TPSA) is 57.5 Å². The molecule has 3 nitrogen and oxygen atoms in total. The van der Waals surface area contributed by atoms with E-state index in [-0.39, 0.29) is 24.6 Å². The highest BCUT2D eigenvalue weighted by atomic mass is 35.5. The van der Waals surface area contributed by atoms with Crippen LogP contribution in [0.15, 0.2) is 24.3 Å². The van der Waals surface area contributed by atoms with Gasteiger partial charge in [-0.2, -0.15) is 0 Å². The van der Waals surface area contributed by atoms with E-state index < -0.39 is 5.97 Å². The number of hydrogen-bond donors (Lipinski definition) is 2. The van der Waals surface area contributed by atoms with Gasteiger partial charge in [-0.1, -0.05) is 18.2 Å². The highest BCUT2D eigenvalue weighted by molar-refractivity contribution is 5.85. The molecule has 0 atom stereocenters. The molecule has 0 heterocycles. The second-order valence-electron chi connectivity index (χ2n) is 2.20. The standard InChI is InChI=1S/C8H8O3.ClH/c9-7-4-2-1-3-6(7)5-8(10)11;/h1-4,9H,5H2,(H,10,11);1H. The Hall–Kier alpha value is -1.22. The molecule has 0 aliphatic rings. The molecular weight excluding hydrogens is 180 g/mol. The fourth-order valence-electron chi connectivity index (χ4n) is 0.823. The number of hydrogen-bond acceptors (Lipinski definition) is 2. The van der Waals surface area contributed by atoms with Gasteiger partial charge in [0.2, 0.25) is 0 Å². The third kappa shape index (κ3) is 2.80. The molecule has 0 amide bonds. The summed E-state index contributed by atoms with van der Waals surface area (Å²) in [5.41, 5.74) is 0.444. The van der Waals surface area contributed by atoms with Gasteiger partial charge in [0.15, 0.2) is 0 Å². The van der Waals surface area contributed by atoms with Gasteiger partial charge in [0.05, 0.1) is 6.42 Å². The van der Waals surface area contributed by atoms with E-state index in [0.717, 1.165) is 0 Å². The summed E-state index contributed by atoms with van der Waals surface area (Å²) < 4.78 is 0. The average Bonchev–Trinajstić information content (AvgIpc) is 1.93. The molecule has 1 rings (SSSR count). The van der Waals surface area contributed by atoms with Gasteiger partial charge < -0.3 is 10.2 Å². The van der Waals surface area contributed by atoms with Gasteiger partial charge in [-0.25, -0.2) is 0 Å². The van der Waals surface area contributed by atoms with Crippen molar-refractivity contribution >= 4 is 18.4 Å². The van der Waals surface area contributed by atoms with Crippen LogP contribution < -0.4 is 0 Å². The molecule has 4 heteroatoms. The molecule has 0 spiro atoms. The van der Waals surface area contributed by atoms with Crippen molar-refractivity contribution in [3.63, 3.8) is 0 Å². The number of carbonyl (C=O) groups is 1. The Balaban J connectivity index is 0.00000121. The van der Waals surface area contributed by atoms with Gasteiger partial charge in [-0.15, -0.1) is 12.4 Å². The molecule has 0 saturated carbocycles. The van der Waals surface area contributed by atoms with Crippen molar-refractivity contribution in [2.75, 3.05) is 0 Å². The molecular formula is C8H9ClO3. The van der Waals surface area contributed by atoms with Gasteiger partial charge >= 0.3 is 5.97 Å². The number of halogens is 1. The molecule has 0 aliphatic heterocycles. The molecule has 12 heavy (non-hydrogen) atoms. The maximum Gasteiger partial charge on any atom is 0.307 e. The third-order valence-electron chi connectivity index (χ3n) is 1.33. The Morgan fingerprint density at radius 2 is 1.92 bits per heavy atom. The summed E-state index contributed by atoms with van der Waals surface area (Å²) in [4.78, 5) is 10.2. The quantitative estimate of drug-likeness (QED) is 0.739. The SMILES string of the molecule is Cl.O=C(O)Cc1ccccc1O. The highest BCUT2D eigenvalue weighted by Crippen LogP contribution is 2.15. The zero-order valence-corrected chi connectivity index (χ0v) is 7.04. The van der Waals surface area contributed by atoms with E-state index >= 15 is 0 Å². The number of para-hydroxylation sites is 1. The second kappa shape index (κ2) is 4.62. The molecule has 0 unspecified atom stereocenters. The van der Waals surface area contributed by atoms with Crippen molar-refractivity contribution in [1.29, 1.82) is 0 Å². The lowest BCUT2D eigenvalue weighted by Crippen LogP contribution is -1.99. The van der Waals surface area contributed by atoms with Gasteiger partial charge in [-0.05, 0) is 6.07 Å². The fraction of sp³-hybridized carbons (Fsp3) is 0.125. The first-order chi connectivity index (χ1) is 5.20. The fourth-order valence-corrected chi connectivity index (χ4v) is 0.823. The number of phenolic OH excluding ortho intramolecular Hbond substituents is 1. The van der Waals surface area contributed by atoms with Crippen LogP contribution in [-0.2, 0) is 11.2 Å². The molecule has 1 aromatic rings. The summed E-state index contributed by atoms with van der Waals surface area (Å²) in [5.74, 6) is -0.901. The third-order valence-corrected chi connectivity index (χ3v) is 1.33. The molecule has 66 valence electrons. The minimum Gasteiger partial charge on any atom is -0.508 e. The van der Waals surface area contributed by atoms with Crippen molar-refractivity contribution in [2.45, 2.75) is 6.42 Å². The summed E-state index contributed by atoms with van der Waals surface area (Å²) in [6, 6.07) is 6.40. The predicted octanol–water partition coefficient (Wildman–Crippen LogP) is 1.44. The lowest BCUT2D eigenvalue weighted by atomic mass is 10.1. The molecule has 2 N–H and O–H groups in total. The summed E-state index contributed by atoms with van der Waals surface area (Å²) in [6.45, 7) is 0. The minimum absolute atomic E-state index is 0. The number of carboxylic acid groups (broad SMARTS) is 1. The Labute approximate surface area is 76.1 Å². The molecule has 0 aromatic heterocycles. The number of benzene rings is 1. The maximum absolute atomic E-state index is 10.2. The van der Waals surface area contributed by atoms with Gasteiger partial charge in [0.25, 0.3) is 0 Å². The normalized spacial score (nSPS) is 8.67. The number of aliphatic carboxylic acids is 1. The Kier molecular flexibility index (Phi) is 4.15. The van der Waals surface area contributed by atoms with E-state index in [0.29, 0.717) is 5.56 Å². The molecule has 0 aliphatic carbocycles. The first-order valence-corrected chi connectivity index (χ1v) is 3.19. The van der Waals surface area contributed by atoms with Crippen molar-refractivity contribution < 1.29 is 15.0 Å². The van der Waals surface area contributed by atoms with Crippen LogP contribution in [0, 0.1) is 0 Å². The van der Waals surface area contributed by atoms with Crippen LogP contribution in [0.2, 0.25) is 0 Å². The smallest absolute Gasteiger partial charge is 0.307 e. The monoisotopic (exact) mass is 188 g/mol. The predicted molar refractivity (Wildman–Crippen MR) is 46.7 cm³/mol. The largest absolute Gasteiger partial charge is 0.508 e. The summed E-state index contributed by atoms with van der Waals surface area (Å²) >= 11 is 0. The van der Waals surface area contributed by atoms with E-state index in [1.165, 1.54) is 6.07 Å². The minimum atomic E-state index is -0.938. The maximum atomic E-state index is 10.2. The van der Waals surface area contributed by atoms with E-state index in [1.54, 1.807) is 18.2 Å². The first kappa shape index (κ1) is 10.8. The van der Waals surface area contributed by atoms with Crippen LogP contribution in [-0.4, -0.2) is 16.2 Å². The van der Waals surface area contributed by atoms with E-state index in [4.69, 9.17) is 10.2 Å². The van der Waals surface area contributed by atoms with E-state index in [9.17, 15) is 4.79 Å². The van der Waals surface area contributed by atoms with Crippen molar-refractivity contribution in [3.05, 3.63) is 29.8 Å². The van der Waals surface area contributed by atoms with Crippen LogP contribution >= 0.6 is 12.4 Å². The molecule has 1 aromatic carbocycles. The van der Waals surface area contributed by atoms with Crippen molar-refractivity contribution in [1.82, 2.24) is 0 Å². The highest BCUT2D eigenvalue weighted by Gasteiger charge is 2.03. The van der Waals surface area contributed by atoms with Crippen molar-refractivity contribution in [2.24, 2.45) is 0 Å². The van der Waals surface area contributed by atoms with Crippen LogP contribution in [0.3, 0.4) is 0 Å². The molecule has 0 bridgehead atoms. The summed E-state index contributed by atoms with van der Waals surface area (Å²) in [7, 11) is 0. The van der Waals surface area contributed by atoms with E-state index in [1.807, 2.05) is 0 Å². The van der Waals surface area contributed by atoms with E-state index in [2.05, 4.69) is 0 Å². The summed E-state index contributed by atoms with van der Waals surface area (Å²) in [6.07, 6.45) is -0.132. The molecule has 0 radical (unpaired) electrons. The molecule has 0 fully saturated rings. The lowest BCUT2D eigenvalue weighted by Gasteiger charge is -1.98. The van der Waals surface area contributed by atoms with Gasteiger partial charge in [0, 0.05) is 5.56 Å². The molecule has 0 saturated heterocycles. The van der Waals surface area contributed by atoms with Crippen LogP contribution in [0.5, 0.6) is 5.75 Å². The van der Waals surface area contributed by atoms with Crippen LogP contribution in [0.4, 0.5) is 0 Å². The number of aromatic hydroxyl groups is 1.